The molecule has 19 heavy (non-hydrogen) atoms. The molecule has 4 nitrogen and oxygen atoms in total. The van der Waals surface area contributed by atoms with E-state index < -0.39 is 0 Å². The first-order valence-corrected chi connectivity index (χ1v) is 6.54. The van der Waals surface area contributed by atoms with Crippen LogP contribution in [0.5, 0.6) is 0 Å². The van der Waals surface area contributed by atoms with Crippen LogP contribution in [0.1, 0.15) is 6.42 Å². The van der Waals surface area contributed by atoms with Crippen LogP contribution >= 0.6 is 0 Å². The second-order valence-electron chi connectivity index (χ2n) is 4.52. The summed E-state index contributed by atoms with van der Waals surface area (Å²) in [5.41, 5.74) is 2.19. The predicted octanol–water partition coefficient (Wildman–Crippen LogP) is 2.19. The Morgan fingerprint density at radius 2 is 1.74 bits per heavy atom. The maximum Gasteiger partial charge on any atom is 0.225 e. The zero-order chi connectivity index (χ0) is 13.5. The maximum absolute atomic E-state index is 4.43. The molecule has 0 saturated heterocycles. The van der Waals surface area contributed by atoms with E-state index in [2.05, 4.69) is 32.3 Å². The van der Waals surface area contributed by atoms with Crippen molar-refractivity contribution in [2.24, 2.45) is 0 Å². The van der Waals surface area contributed by atoms with Crippen molar-refractivity contribution in [3.8, 4) is 11.1 Å². The Hall–Kier alpha value is -1.94. The summed E-state index contributed by atoms with van der Waals surface area (Å²) in [5.74, 6) is 0.774. The van der Waals surface area contributed by atoms with E-state index in [-0.39, 0.29) is 0 Å². The predicted molar refractivity (Wildman–Crippen MR) is 79.3 cm³/mol. The van der Waals surface area contributed by atoms with Crippen LogP contribution in [-0.2, 0) is 0 Å². The number of aromatic nitrogens is 2. The molecule has 2 aromatic rings. The molecule has 100 valence electrons. The van der Waals surface area contributed by atoms with Gasteiger partial charge in [-0.15, -0.1) is 0 Å². The highest BCUT2D eigenvalue weighted by Gasteiger charge is 2.04. The Morgan fingerprint density at radius 1 is 1.05 bits per heavy atom. The Bertz CT molecular complexity index is 481. The molecule has 0 amide bonds. The third kappa shape index (κ3) is 3.76. The first-order valence-electron chi connectivity index (χ1n) is 6.54. The molecule has 0 fully saturated rings. The molecule has 1 aromatic carbocycles. The standard InChI is InChI=1S/C15H20N4/c1-16-9-6-10-19(2)15-17-11-14(12-18-15)13-7-4-3-5-8-13/h3-5,7-8,11-12,16H,6,9-10H2,1-2H3. The van der Waals surface area contributed by atoms with Gasteiger partial charge in [-0.3, -0.25) is 0 Å². The van der Waals surface area contributed by atoms with Gasteiger partial charge in [0.05, 0.1) is 0 Å². The lowest BCUT2D eigenvalue weighted by atomic mass is 10.1. The first-order chi connectivity index (χ1) is 9.31. The van der Waals surface area contributed by atoms with Gasteiger partial charge in [0.1, 0.15) is 0 Å². The summed E-state index contributed by atoms with van der Waals surface area (Å²) in [4.78, 5) is 10.9. The quantitative estimate of drug-likeness (QED) is 0.804. The summed E-state index contributed by atoms with van der Waals surface area (Å²) in [6.45, 7) is 1.96. The smallest absolute Gasteiger partial charge is 0.225 e. The molecule has 0 unspecified atom stereocenters. The molecule has 0 aliphatic heterocycles. The van der Waals surface area contributed by atoms with Gasteiger partial charge in [0.2, 0.25) is 5.95 Å². The summed E-state index contributed by atoms with van der Waals surface area (Å²) in [6, 6.07) is 10.2. The molecular formula is C15H20N4. The monoisotopic (exact) mass is 256 g/mol. The molecule has 2 rings (SSSR count). The summed E-state index contributed by atoms with van der Waals surface area (Å²) in [7, 11) is 3.98. The summed E-state index contributed by atoms with van der Waals surface area (Å²) in [5, 5.41) is 3.14. The SMILES string of the molecule is CNCCCN(C)c1ncc(-c2ccccc2)cn1. The Kier molecular flexibility index (Phi) is 4.86. The zero-order valence-electron chi connectivity index (χ0n) is 11.5. The number of nitrogens with zero attached hydrogens (tertiary/aromatic N) is 3. The zero-order valence-corrected chi connectivity index (χ0v) is 11.5. The third-order valence-corrected chi connectivity index (χ3v) is 3.01. The van der Waals surface area contributed by atoms with Gasteiger partial charge in [-0.25, -0.2) is 9.97 Å². The van der Waals surface area contributed by atoms with Crippen LogP contribution < -0.4 is 10.2 Å². The number of anilines is 1. The van der Waals surface area contributed by atoms with Gasteiger partial charge < -0.3 is 10.2 Å². The van der Waals surface area contributed by atoms with E-state index in [1.54, 1.807) is 0 Å². The molecule has 0 aliphatic carbocycles. The molecule has 0 spiro atoms. The normalized spacial score (nSPS) is 10.4. The van der Waals surface area contributed by atoms with E-state index in [1.807, 2.05) is 44.7 Å². The fraction of sp³-hybridized carbons (Fsp3) is 0.333. The molecular weight excluding hydrogens is 236 g/mol. The van der Waals surface area contributed by atoms with E-state index in [0.717, 1.165) is 36.6 Å². The molecule has 0 bridgehead atoms. The van der Waals surface area contributed by atoms with Crippen LogP contribution in [0.3, 0.4) is 0 Å². The minimum Gasteiger partial charge on any atom is -0.344 e. The number of hydrogen-bond acceptors (Lipinski definition) is 4. The highest BCUT2D eigenvalue weighted by molar-refractivity contribution is 5.61. The molecule has 0 radical (unpaired) electrons. The highest BCUT2D eigenvalue weighted by atomic mass is 15.2. The minimum absolute atomic E-state index is 0.774. The van der Waals surface area contributed by atoms with Crippen molar-refractivity contribution < 1.29 is 0 Å². The van der Waals surface area contributed by atoms with Crippen molar-refractivity contribution in [3.63, 3.8) is 0 Å². The van der Waals surface area contributed by atoms with E-state index in [1.165, 1.54) is 0 Å². The van der Waals surface area contributed by atoms with Crippen molar-refractivity contribution in [2.45, 2.75) is 6.42 Å². The molecule has 1 N–H and O–H groups in total. The maximum atomic E-state index is 4.43. The molecule has 1 heterocycles. The van der Waals surface area contributed by atoms with Crippen LogP contribution in [0.2, 0.25) is 0 Å². The Balaban J connectivity index is 2.02. The van der Waals surface area contributed by atoms with Gasteiger partial charge in [-0.2, -0.15) is 0 Å². The number of nitrogens with one attached hydrogen (secondary N) is 1. The van der Waals surface area contributed by atoms with Crippen LogP contribution in [0.25, 0.3) is 11.1 Å². The van der Waals surface area contributed by atoms with Gasteiger partial charge in [-0.05, 0) is 25.6 Å². The summed E-state index contributed by atoms with van der Waals surface area (Å²) in [6.07, 6.45) is 4.84. The minimum atomic E-state index is 0.774. The molecule has 0 aliphatic rings. The van der Waals surface area contributed by atoms with Gasteiger partial charge >= 0.3 is 0 Å². The molecule has 1 aromatic heterocycles. The van der Waals surface area contributed by atoms with Crippen molar-refractivity contribution in [2.75, 3.05) is 32.1 Å². The Labute approximate surface area is 114 Å². The van der Waals surface area contributed by atoms with Gasteiger partial charge in [-0.1, -0.05) is 30.3 Å². The topological polar surface area (TPSA) is 41.0 Å². The summed E-state index contributed by atoms with van der Waals surface area (Å²) < 4.78 is 0. The lowest BCUT2D eigenvalue weighted by molar-refractivity contribution is 0.704. The average Bonchev–Trinajstić information content (AvgIpc) is 2.48. The van der Waals surface area contributed by atoms with Crippen LogP contribution in [0.4, 0.5) is 5.95 Å². The molecule has 0 atom stereocenters. The van der Waals surface area contributed by atoms with Crippen molar-refractivity contribution in [3.05, 3.63) is 42.7 Å². The van der Waals surface area contributed by atoms with Gasteiger partial charge in [0.25, 0.3) is 0 Å². The molecule has 0 saturated carbocycles. The van der Waals surface area contributed by atoms with E-state index in [4.69, 9.17) is 0 Å². The van der Waals surface area contributed by atoms with E-state index in [9.17, 15) is 0 Å². The van der Waals surface area contributed by atoms with Crippen LogP contribution in [0.15, 0.2) is 42.7 Å². The van der Waals surface area contributed by atoms with Crippen molar-refractivity contribution >= 4 is 5.95 Å². The summed E-state index contributed by atoms with van der Waals surface area (Å²) >= 11 is 0. The average molecular weight is 256 g/mol. The first kappa shape index (κ1) is 13.5. The third-order valence-electron chi connectivity index (χ3n) is 3.01. The fourth-order valence-corrected chi connectivity index (χ4v) is 1.89. The lowest BCUT2D eigenvalue weighted by Crippen LogP contribution is -2.23. The van der Waals surface area contributed by atoms with Crippen LogP contribution in [0, 0.1) is 0 Å². The fourth-order valence-electron chi connectivity index (χ4n) is 1.89. The second-order valence-corrected chi connectivity index (χ2v) is 4.52. The van der Waals surface area contributed by atoms with E-state index in [0.29, 0.717) is 0 Å². The number of benzene rings is 1. The highest BCUT2D eigenvalue weighted by Crippen LogP contribution is 2.17. The van der Waals surface area contributed by atoms with Crippen molar-refractivity contribution in [1.82, 2.24) is 15.3 Å². The van der Waals surface area contributed by atoms with Crippen LogP contribution in [-0.4, -0.2) is 37.2 Å². The largest absolute Gasteiger partial charge is 0.344 e. The molecule has 4 heteroatoms. The number of hydrogen-bond donors (Lipinski definition) is 1. The second kappa shape index (κ2) is 6.85. The number of rotatable bonds is 6. The van der Waals surface area contributed by atoms with Crippen molar-refractivity contribution in [1.29, 1.82) is 0 Å². The Morgan fingerprint density at radius 3 is 2.37 bits per heavy atom. The van der Waals surface area contributed by atoms with Gasteiger partial charge in [0, 0.05) is 31.5 Å². The van der Waals surface area contributed by atoms with Gasteiger partial charge in [0.15, 0.2) is 0 Å². The van der Waals surface area contributed by atoms with E-state index >= 15 is 0 Å². The lowest BCUT2D eigenvalue weighted by Gasteiger charge is -2.16.